The topological polar surface area (TPSA) is 88.1 Å². The Balaban J connectivity index is 2.17. The molecule has 22 heavy (non-hydrogen) atoms. The van der Waals surface area contributed by atoms with E-state index in [1.807, 2.05) is 0 Å². The van der Waals surface area contributed by atoms with Crippen molar-refractivity contribution < 1.29 is 33.3 Å². The van der Waals surface area contributed by atoms with Crippen LogP contribution in [0.3, 0.4) is 0 Å². The van der Waals surface area contributed by atoms with Crippen molar-refractivity contribution in [2.45, 2.75) is 65.1 Å². The quantitative estimate of drug-likeness (QED) is 0.554. The molecule has 0 aliphatic carbocycles. The molecule has 0 unspecified atom stereocenters. The van der Waals surface area contributed by atoms with Gasteiger partial charge in [-0.25, -0.2) is 4.79 Å². The molecule has 0 radical (unpaired) electrons. The van der Waals surface area contributed by atoms with Gasteiger partial charge in [0.25, 0.3) is 5.60 Å². The summed E-state index contributed by atoms with van der Waals surface area (Å²) < 4.78 is 21.2. The molecular formula is C15H22O7. The molecule has 7 nitrogen and oxygen atoms in total. The highest BCUT2D eigenvalue weighted by atomic mass is 16.8. The lowest BCUT2D eigenvalue weighted by Gasteiger charge is -2.24. The Hall–Kier alpha value is -1.47. The number of rotatable bonds is 2. The smallest absolute Gasteiger partial charge is 0.359 e. The van der Waals surface area contributed by atoms with Gasteiger partial charge >= 0.3 is 11.9 Å². The summed E-state index contributed by atoms with van der Waals surface area (Å²) >= 11 is 0. The number of Topliss-reactive ketones (excluding diaryl/α,β-unsaturated/α-hetero) is 1. The van der Waals surface area contributed by atoms with Crippen LogP contribution in [0.15, 0.2) is 0 Å². The number of cyclic esters (lactones) is 1. The van der Waals surface area contributed by atoms with Gasteiger partial charge in [-0.15, -0.1) is 0 Å². The molecule has 0 aromatic carbocycles. The molecule has 2 saturated heterocycles. The summed E-state index contributed by atoms with van der Waals surface area (Å²) in [5.41, 5.74) is -2.78. The zero-order valence-corrected chi connectivity index (χ0v) is 13.7. The SMILES string of the molecule is CC1(C)OC[C@@H]([C@H]2OC(=O)[C@](C)(OC(=O)C(C)(C)C)C2=O)O1. The third-order valence-corrected chi connectivity index (χ3v) is 3.63. The molecule has 0 saturated carbocycles. The van der Waals surface area contributed by atoms with Gasteiger partial charge in [0.1, 0.15) is 6.10 Å². The maximum atomic E-state index is 12.5. The fourth-order valence-corrected chi connectivity index (χ4v) is 2.19. The van der Waals surface area contributed by atoms with E-state index < -0.39 is 46.7 Å². The lowest BCUT2D eigenvalue weighted by atomic mass is 9.94. The van der Waals surface area contributed by atoms with Gasteiger partial charge < -0.3 is 18.9 Å². The number of carbonyl (C=O) groups is 3. The van der Waals surface area contributed by atoms with Crippen molar-refractivity contribution in [2.24, 2.45) is 5.41 Å². The second-order valence-corrected chi connectivity index (χ2v) is 7.23. The monoisotopic (exact) mass is 314 g/mol. The Labute approximate surface area is 129 Å². The summed E-state index contributed by atoms with van der Waals surface area (Å²) in [5, 5.41) is 0. The molecule has 124 valence electrons. The van der Waals surface area contributed by atoms with Gasteiger partial charge in [0.05, 0.1) is 12.0 Å². The fourth-order valence-electron chi connectivity index (χ4n) is 2.19. The second-order valence-electron chi connectivity index (χ2n) is 7.23. The maximum Gasteiger partial charge on any atom is 0.359 e. The summed E-state index contributed by atoms with van der Waals surface area (Å²) in [6.07, 6.45) is -1.84. The van der Waals surface area contributed by atoms with Gasteiger partial charge in [0.2, 0.25) is 5.78 Å². The van der Waals surface area contributed by atoms with Crippen molar-refractivity contribution in [2.75, 3.05) is 6.61 Å². The Morgan fingerprint density at radius 1 is 1.23 bits per heavy atom. The molecule has 2 heterocycles. The summed E-state index contributed by atoms with van der Waals surface area (Å²) in [4.78, 5) is 36.6. The van der Waals surface area contributed by atoms with E-state index in [4.69, 9.17) is 18.9 Å². The van der Waals surface area contributed by atoms with Crippen LogP contribution in [0.25, 0.3) is 0 Å². The van der Waals surface area contributed by atoms with Gasteiger partial charge in [-0.3, -0.25) is 9.59 Å². The molecule has 2 aliphatic heterocycles. The molecule has 0 bridgehead atoms. The van der Waals surface area contributed by atoms with E-state index in [1.54, 1.807) is 34.6 Å². The van der Waals surface area contributed by atoms with Crippen LogP contribution < -0.4 is 0 Å². The van der Waals surface area contributed by atoms with Gasteiger partial charge in [0.15, 0.2) is 11.9 Å². The zero-order valence-electron chi connectivity index (χ0n) is 13.7. The van der Waals surface area contributed by atoms with Crippen molar-refractivity contribution >= 4 is 17.7 Å². The summed E-state index contributed by atoms with van der Waals surface area (Å²) in [6, 6.07) is 0. The van der Waals surface area contributed by atoms with Crippen molar-refractivity contribution in [1.82, 2.24) is 0 Å². The number of ketones is 1. The second kappa shape index (κ2) is 5.03. The Morgan fingerprint density at radius 3 is 2.27 bits per heavy atom. The molecule has 7 heteroatoms. The van der Waals surface area contributed by atoms with Gasteiger partial charge in [-0.1, -0.05) is 0 Å². The average Bonchev–Trinajstić information content (AvgIpc) is 2.82. The Kier molecular flexibility index (Phi) is 3.86. The Morgan fingerprint density at radius 2 is 1.82 bits per heavy atom. The summed E-state index contributed by atoms with van der Waals surface area (Å²) in [5.74, 6) is -3.00. The van der Waals surface area contributed by atoms with Crippen LogP contribution >= 0.6 is 0 Å². The van der Waals surface area contributed by atoms with E-state index in [0.29, 0.717) is 0 Å². The lowest BCUT2D eigenvalue weighted by molar-refractivity contribution is -0.179. The van der Waals surface area contributed by atoms with E-state index in [2.05, 4.69) is 0 Å². The molecule has 0 aromatic rings. The largest absolute Gasteiger partial charge is 0.448 e. The van der Waals surface area contributed by atoms with Gasteiger partial charge in [0, 0.05) is 0 Å². The van der Waals surface area contributed by atoms with Crippen LogP contribution in [0.1, 0.15) is 41.5 Å². The van der Waals surface area contributed by atoms with E-state index in [-0.39, 0.29) is 6.61 Å². The first-order valence-corrected chi connectivity index (χ1v) is 7.17. The van der Waals surface area contributed by atoms with Crippen LogP contribution in [0, 0.1) is 5.41 Å². The van der Waals surface area contributed by atoms with Gasteiger partial charge in [-0.05, 0) is 41.5 Å². The van der Waals surface area contributed by atoms with Crippen LogP contribution in [-0.4, -0.2) is 47.9 Å². The number of hydrogen-bond donors (Lipinski definition) is 0. The van der Waals surface area contributed by atoms with E-state index in [9.17, 15) is 14.4 Å². The fraction of sp³-hybridized carbons (Fsp3) is 0.800. The van der Waals surface area contributed by atoms with Gasteiger partial charge in [-0.2, -0.15) is 0 Å². The molecule has 2 aliphatic rings. The molecular weight excluding hydrogens is 292 g/mol. The standard InChI is InChI=1S/C15H22O7/c1-13(2,3)11(17)22-15(6)10(16)9(20-12(15)18)8-7-19-14(4,5)21-8/h8-9H,7H2,1-6H3/t8-,9+,15+/m0/s1. The predicted molar refractivity (Wildman–Crippen MR) is 73.7 cm³/mol. The first-order valence-electron chi connectivity index (χ1n) is 7.17. The molecule has 3 atom stereocenters. The minimum absolute atomic E-state index is 0.125. The molecule has 0 N–H and O–H groups in total. The van der Waals surface area contributed by atoms with Crippen molar-refractivity contribution in [3.05, 3.63) is 0 Å². The zero-order chi connectivity index (χ0) is 16.9. The van der Waals surface area contributed by atoms with Crippen LogP contribution in [-0.2, 0) is 33.3 Å². The predicted octanol–water partition coefficient (Wildman–Crippen LogP) is 0.980. The van der Waals surface area contributed by atoms with Crippen LogP contribution in [0.5, 0.6) is 0 Å². The molecule has 0 amide bonds. The number of carbonyl (C=O) groups excluding carboxylic acids is 3. The van der Waals surface area contributed by atoms with E-state index >= 15 is 0 Å². The first-order chi connectivity index (χ1) is 9.87. The van der Waals surface area contributed by atoms with Crippen molar-refractivity contribution in [3.63, 3.8) is 0 Å². The van der Waals surface area contributed by atoms with Crippen LogP contribution in [0.2, 0.25) is 0 Å². The summed E-state index contributed by atoms with van der Waals surface area (Å²) in [6.45, 7) is 9.69. The minimum atomic E-state index is -1.94. The minimum Gasteiger partial charge on any atom is -0.448 e. The average molecular weight is 314 g/mol. The Bertz CT molecular complexity index is 516. The van der Waals surface area contributed by atoms with Crippen molar-refractivity contribution in [1.29, 1.82) is 0 Å². The highest BCUT2D eigenvalue weighted by Crippen LogP contribution is 2.34. The third kappa shape index (κ3) is 2.87. The van der Waals surface area contributed by atoms with Crippen molar-refractivity contribution in [3.8, 4) is 0 Å². The first kappa shape index (κ1) is 16.9. The number of ether oxygens (including phenoxy) is 4. The molecule has 2 rings (SSSR count). The highest BCUT2D eigenvalue weighted by Gasteiger charge is 2.61. The van der Waals surface area contributed by atoms with Crippen LogP contribution in [0.4, 0.5) is 0 Å². The highest BCUT2D eigenvalue weighted by molar-refractivity contribution is 6.15. The molecule has 0 spiro atoms. The van der Waals surface area contributed by atoms with E-state index in [1.165, 1.54) is 6.92 Å². The molecule has 0 aromatic heterocycles. The molecule has 2 fully saturated rings. The van der Waals surface area contributed by atoms with E-state index in [0.717, 1.165) is 0 Å². The number of hydrogen-bond acceptors (Lipinski definition) is 7. The number of esters is 2. The third-order valence-electron chi connectivity index (χ3n) is 3.63. The normalized spacial score (nSPS) is 34.6. The lowest BCUT2D eigenvalue weighted by Crippen LogP contribution is -2.48. The maximum absolute atomic E-state index is 12.5. The summed E-state index contributed by atoms with van der Waals surface area (Å²) in [7, 11) is 0.